The van der Waals surface area contributed by atoms with Gasteiger partial charge >= 0.3 is 0 Å². The molecule has 0 saturated carbocycles. The summed E-state index contributed by atoms with van der Waals surface area (Å²) in [4.78, 5) is 11.8. The average molecular weight is 217 g/mol. The summed E-state index contributed by atoms with van der Waals surface area (Å²) in [5.41, 5.74) is 6.63. The first-order chi connectivity index (χ1) is 7.58. The maximum atomic E-state index is 11.8. The number of ketones is 1. The van der Waals surface area contributed by atoms with Crippen molar-refractivity contribution >= 4 is 5.78 Å². The second-order valence-corrected chi connectivity index (χ2v) is 4.16. The molecule has 0 amide bonds. The van der Waals surface area contributed by atoms with E-state index in [9.17, 15) is 4.79 Å². The molecule has 0 aromatic rings. The SMILES string of the molecule is C=CCC1=CC=CC(CC=C)(C(C)=O)C1N. The third-order valence-electron chi connectivity index (χ3n) is 3.18. The summed E-state index contributed by atoms with van der Waals surface area (Å²) in [5.74, 6) is 0.0887. The first-order valence-corrected chi connectivity index (χ1v) is 5.45. The Balaban J connectivity index is 3.09. The number of hydrogen-bond acceptors (Lipinski definition) is 2. The van der Waals surface area contributed by atoms with Crippen LogP contribution in [0.2, 0.25) is 0 Å². The van der Waals surface area contributed by atoms with Crippen molar-refractivity contribution in [1.29, 1.82) is 0 Å². The van der Waals surface area contributed by atoms with Gasteiger partial charge in [-0.2, -0.15) is 0 Å². The number of Topliss-reactive ketones (excluding diaryl/α,β-unsaturated/α-hetero) is 1. The van der Waals surface area contributed by atoms with Crippen LogP contribution in [0.3, 0.4) is 0 Å². The van der Waals surface area contributed by atoms with Crippen molar-refractivity contribution in [3.05, 3.63) is 49.1 Å². The first kappa shape index (κ1) is 12.7. The van der Waals surface area contributed by atoms with E-state index in [4.69, 9.17) is 5.73 Å². The summed E-state index contributed by atoms with van der Waals surface area (Å²) < 4.78 is 0. The highest BCUT2D eigenvalue weighted by Crippen LogP contribution is 2.36. The summed E-state index contributed by atoms with van der Waals surface area (Å²) in [5, 5.41) is 0. The molecule has 0 aromatic heterocycles. The molecule has 1 rings (SSSR count). The highest BCUT2D eigenvalue weighted by molar-refractivity contribution is 5.86. The minimum Gasteiger partial charge on any atom is -0.323 e. The van der Waals surface area contributed by atoms with Crippen LogP contribution in [0.1, 0.15) is 19.8 Å². The Kier molecular flexibility index (Phi) is 4.02. The maximum Gasteiger partial charge on any atom is 0.141 e. The van der Waals surface area contributed by atoms with Crippen LogP contribution in [0, 0.1) is 5.41 Å². The molecule has 16 heavy (non-hydrogen) atoms. The summed E-state index contributed by atoms with van der Waals surface area (Å²) in [6.07, 6.45) is 10.6. The van der Waals surface area contributed by atoms with Gasteiger partial charge in [-0.05, 0) is 25.3 Å². The molecule has 0 saturated heterocycles. The van der Waals surface area contributed by atoms with Gasteiger partial charge in [0, 0.05) is 6.04 Å². The lowest BCUT2D eigenvalue weighted by atomic mass is 9.69. The number of carbonyl (C=O) groups is 1. The quantitative estimate of drug-likeness (QED) is 0.719. The van der Waals surface area contributed by atoms with Gasteiger partial charge in [0.15, 0.2) is 0 Å². The average Bonchev–Trinajstić information content (AvgIpc) is 2.24. The van der Waals surface area contributed by atoms with Crippen LogP contribution >= 0.6 is 0 Å². The zero-order chi connectivity index (χ0) is 12.2. The molecule has 0 radical (unpaired) electrons. The smallest absolute Gasteiger partial charge is 0.141 e. The molecule has 0 spiro atoms. The van der Waals surface area contributed by atoms with Gasteiger partial charge in [-0.15, -0.1) is 13.2 Å². The molecule has 0 aliphatic heterocycles. The molecule has 0 fully saturated rings. The molecule has 2 N–H and O–H groups in total. The number of nitrogens with two attached hydrogens (primary N) is 1. The highest BCUT2D eigenvalue weighted by Gasteiger charge is 2.40. The fourth-order valence-electron chi connectivity index (χ4n) is 2.16. The van der Waals surface area contributed by atoms with Crippen LogP contribution in [0.15, 0.2) is 49.1 Å². The Bertz CT molecular complexity index is 365. The van der Waals surface area contributed by atoms with Gasteiger partial charge in [0.2, 0.25) is 0 Å². The fraction of sp³-hybridized carbons (Fsp3) is 0.357. The van der Waals surface area contributed by atoms with Gasteiger partial charge in [-0.25, -0.2) is 0 Å². The van der Waals surface area contributed by atoms with Gasteiger partial charge in [-0.1, -0.05) is 30.4 Å². The number of carbonyl (C=O) groups excluding carboxylic acids is 1. The fourth-order valence-corrected chi connectivity index (χ4v) is 2.16. The van der Waals surface area contributed by atoms with Crippen molar-refractivity contribution in [2.45, 2.75) is 25.8 Å². The molecule has 2 heteroatoms. The molecule has 2 atom stereocenters. The molecule has 2 unspecified atom stereocenters. The second-order valence-electron chi connectivity index (χ2n) is 4.16. The number of allylic oxidation sites excluding steroid dienone is 4. The molecule has 0 aromatic carbocycles. The van der Waals surface area contributed by atoms with Gasteiger partial charge in [0.05, 0.1) is 5.41 Å². The van der Waals surface area contributed by atoms with E-state index >= 15 is 0 Å². The molecular formula is C14H19NO. The first-order valence-electron chi connectivity index (χ1n) is 5.45. The second kappa shape index (κ2) is 5.08. The van der Waals surface area contributed by atoms with Crippen LogP contribution < -0.4 is 5.73 Å². The van der Waals surface area contributed by atoms with Gasteiger partial charge in [-0.3, -0.25) is 4.79 Å². The van der Waals surface area contributed by atoms with Crippen molar-refractivity contribution in [3.8, 4) is 0 Å². The Morgan fingerprint density at radius 2 is 2.25 bits per heavy atom. The van der Waals surface area contributed by atoms with Crippen LogP contribution in [-0.2, 0) is 4.79 Å². The molecule has 86 valence electrons. The monoisotopic (exact) mass is 217 g/mol. The van der Waals surface area contributed by atoms with E-state index in [1.54, 1.807) is 13.0 Å². The largest absolute Gasteiger partial charge is 0.323 e. The number of rotatable bonds is 5. The summed E-state index contributed by atoms with van der Waals surface area (Å²) in [6.45, 7) is 9.00. The van der Waals surface area contributed by atoms with E-state index in [0.29, 0.717) is 6.42 Å². The predicted molar refractivity (Wildman–Crippen MR) is 67.9 cm³/mol. The summed E-state index contributed by atoms with van der Waals surface area (Å²) in [7, 11) is 0. The van der Waals surface area contributed by atoms with Gasteiger partial charge in [0.1, 0.15) is 5.78 Å². The van der Waals surface area contributed by atoms with Crippen LogP contribution in [0.4, 0.5) is 0 Å². The van der Waals surface area contributed by atoms with Crippen molar-refractivity contribution in [2.75, 3.05) is 0 Å². The van der Waals surface area contributed by atoms with Crippen LogP contribution in [0.25, 0.3) is 0 Å². The number of hydrogen-bond donors (Lipinski definition) is 1. The topological polar surface area (TPSA) is 43.1 Å². The van der Waals surface area contributed by atoms with Gasteiger partial charge < -0.3 is 5.73 Å². The van der Waals surface area contributed by atoms with E-state index in [0.717, 1.165) is 12.0 Å². The summed E-state index contributed by atoms with van der Waals surface area (Å²) in [6, 6.07) is -0.272. The third kappa shape index (κ3) is 2.07. The molecule has 1 aliphatic carbocycles. The lowest BCUT2D eigenvalue weighted by Gasteiger charge is -2.36. The summed E-state index contributed by atoms with van der Waals surface area (Å²) >= 11 is 0. The zero-order valence-corrected chi connectivity index (χ0v) is 9.78. The van der Waals surface area contributed by atoms with Crippen molar-refractivity contribution < 1.29 is 4.79 Å². The Morgan fingerprint density at radius 1 is 1.56 bits per heavy atom. The third-order valence-corrected chi connectivity index (χ3v) is 3.18. The molecule has 1 aliphatic rings. The van der Waals surface area contributed by atoms with E-state index in [1.807, 2.05) is 24.3 Å². The lowest BCUT2D eigenvalue weighted by Crippen LogP contribution is -2.47. The molecule has 2 nitrogen and oxygen atoms in total. The van der Waals surface area contributed by atoms with Gasteiger partial charge in [0.25, 0.3) is 0 Å². The predicted octanol–water partition coefficient (Wildman–Crippen LogP) is 2.54. The van der Waals surface area contributed by atoms with E-state index < -0.39 is 5.41 Å². The van der Waals surface area contributed by atoms with E-state index in [2.05, 4.69) is 13.2 Å². The highest BCUT2D eigenvalue weighted by atomic mass is 16.1. The molecular weight excluding hydrogens is 198 g/mol. The van der Waals surface area contributed by atoms with Crippen molar-refractivity contribution in [3.63, 3.8) is 0 Å². The standard InChI is InChI=1S/C14H19NO/c1-4-7-12-8-6-10-14(9-5-2,11(3)16)13(12)15/h4-6,8,10,13H,1-2,7,9,15H2,3H3. The minimum absolute atomic E-state index is 0.0887. The normalized spacial score (nSPS) is 28.4. The lowest BCUT2D eigenvalue weighted by molar-refractivity contribution is -0.124. The van der Waals surface area contributed by atoms with E-state index in [-0.39, 0.29) is 11.8 Å². The Morgan fingerprint density at radius 3 is 2.75 bits per heavy atom. The minimum atomic E-state index is -0.616. The van der Waals surface area contributed by atoms with Crippen molar-refractivity contribution in [2.24, 2.45) is 11.1 Å². The Labute approximate surface area is 97.2 Å². The van der Waals surface area contributed by atoms with E-state index in [1.165, 1.54) is 0 Å². The molecule has 0 bridgehead atoms. The van der Waals surface area contributed by atoms with Crippen molar-refractivity contribution in [1.82, 2.24) is 0 Å². The van der Waals surface area contributed by atoms with Crippen LogP contribution in [0.5, 0.6) is 0 Å². The Hall–Kier alpha value is -1.41. The molecule has 0 heterocycles. The van der Waals surface area contributed by atoms with Crippen LogP contribution in [-0.4, -0.2) is 11.8 Å². The maximum absolute atomic E-state index is 11.8. The zero-order valence-electron chi connectivity index (χ0n) is 9.78.